The van der Waals surface area contributed by atoms with Crippen LogP contribution in [0.1, 0.15) is 25.1 Å². The Kier molecular flexibility index (Phi) is 4.59. The summed E-state index contributed by atoms with van der Waals surface area (Å²) >= 11 is 4.95. The van der Waals surface area contributed by atoms with Crippen LogP contribution in [0, 0.1) is 6.92 Å². The SMILES string of the molecule is CC[C@@]12COC([C@H](n3cc(C)c(N)nc3=O)O1)[C@H]2OP(O)(=S)OC. The molecule has 3 heterocycles. The molecule has 0 saturated carbocycles. The van der Waals surface area contributed by atoms with Crippen LogP contribution in [-0.4, -0.2) is 46.0 Å². The lowest BCUT2D eigenvalue weighted by molar-refractivity contribution is -0.175. The second kappa shape index (κ2) is 6.14. The van der Waals surface area contributed by atoms with Crippen LogP contribution in [0.2, 0.25) is 0 Å². The number of nitrogens with zero attached hydrogens (tertiary/aromatic N) is 2. The van der Waals surface area contributed by atoms with E-state index in [9.17, 15) is 9.69 Å². The van der Waals surface area contributed by atoms with Crippen molar-refractivity contribution in [1.82, 2.24) is 9.55 Å². The van der Waals surface area contributed by atoms with Crippen molar-refractivity contribution in [3.8, 4) is 0 Å². The quantitative estimate of drug-likeness (QED) is 0.705. The van der Waals surface area contributed by atoms with Gasteiger partial charge in [0.1, 0.15) is 23.6 Å². The number of rotatable bonds is 5. The van der Waals surface area contributed by atoms with Crippen LogP contribution in [0.25, 0.3) is 0 Å². The molecule has 9 nitrogen and oxygen atoms in total. The molecule has 0 spiro atoms. The van der Waals surface area contributed by atoms with Crippen LogP contribution in [0.5, 0.6) is 0 Å². The van der Waals surface area contributed by atoms with E-state index in [1.54, 1.807) is 13.1 Å². The number of fused-ring (bicyclic) bond motifs is 2. The highest BCUT2D eigenvalue weighted by Crippen LogP contribution is 2.55. The topological polar surface area (TPSA) is 118 Å². The van der Waals surface area contributed by atoms with Crippen molar-refractivity contribution in [2.45, 2.75) is 44.3 Å². The van der Waals surface area contributed by atoms with Crippen molar-refractivity contribution in [3.63, 3.8) is 0 Å². The second-order valence-corrected chi connectivity index (χ2v) is 8.78. The molecule has 2 unspecified atom stereocenters. The fourth-order valence-corrected chi connectivity index (χ4v) is 4.02. The molecule has 2 fully saturated rings. The molecular weight excluding hydrogens is 357 g/mol. The number of nitrogens with two attached hydrogens (primary N) is 1. The highest BCUT2D eigenvalue weighted by molar-refractivity contribution is 8.07. The molecule has 1 aromatic heterocycles. The fraction of sp³-hybridized carbons (Fsp3) is 0.692. The minimum Gasteiger partial charge on any atom is -0.383 e. The molecule has 1 aromatic rings. The van der Waals surface area contributed by atoms with Gasteiger partial charge in [-0.25, -0.2) is 4.79 Å². The van der Waals surface area contributed by atoms with Crippen molar-refractivity contribution in [1.29, 1.82) is 0 Å². The zero-order chi connectivity index (χ0) is 17.7. The Morgan fingerprint density at radius 2 is 2.38 bits per heavy atom. The molecule has 0 aromatic carbocycles. The summed E-state index contributed by atoms with van der Waals surface area (Å²) in [6, 6.07) is 0. The van der Waals surface area contributed by atoms with Gasteiger partial charge in [-0.15, -0.1) is 0 Å². The predicted molar refractivity (Wildman–Crippen MR) is 88.9 cm³/mol. The van der Waals surface area contributed by atoms with Gasteiger partial charge >= 0.3 is 12.4 Å². The number of anilines is 1. The standard InChI is InChI=1S/C13H20N3O6PS/c1-4-13-6-20-8(9(13)22-23(18,24)19-3)11(21-13)16-5-7(2)10(14)15-12(16)17/h5,8-9,11H,4,6H2,1-3H3,(H,18,24)(H2,14,15,17)/t8?,9-,11-,13+,23?/m1/s1. The normalized spacial score (nSPS) is 34.4. The zero-order valence-corrected chi connectivity index (χ0v) is 15.3. The molecule has 5 atom stereocenters. The smallest absolute Gasteiger partial charge is 0.351 e. The molecule has 2 bridgehead atoms. The van der Waals surface area contributed by atoms with Crippen LogP contribution in [0.3, 0.4) is 0 Å². The highest BCUT2D eigenvalue weighted by atomic mass is 32.5. The Morgan fingerprint density at radius 1 is 1.67 bits per heavy atom. The van der Waals surface area contributed by atoms with Gasteiger partial charge in [0, 0.05) is 18.9 Å². The van der Waals surface area contributed by atoms with Crippen molar-refractivity contribution in [2.24, 2.45) is 0 Å². The van der Waals surface area contributed by atoms with Crippen molar-refractivity contribution >= 4 is 24.3 Å². The molecule has 2 aliphatic heterocycles. The Balaban J connectivity index is 1.98. The van der Waals surface area contributed by atoms with Crippen LogP contribution >= 0.6 is 6.72 Å². The maximum Gasteiger partial charge on any atom is 0.351 e. The van der Waals surface area contributed by atoms with Gasteiger partial charge < -0.3 is 24.6 Å². The van der Waals surface area contributed by atoms with E-state index in [0.29, 0.717) is 12.0 Å². The maximum absolute atomic E-state index is 12.2. The first-order valence-corrected chi connectivity index (χ1v) is 10.0. The van der Waals surface area contributed by atoms with Gasteiger partial charge in [-0.2, -0.15) is 4.98 Å². The van der Waals surface area contributed by atoms with E-state index < -0.39 is 36.4 Å². The van der Waals surface area contributed by atoms with Gasteiger partial charge in [0.05, 0.1) is 6.61 Å². The van der Waals surface area contributed by atoms with Gasteiger partial charge in [0.2, 0.25) is 0 Å². The van der Waals surface area contributed by atoms with Gasteiger partial charge in [0.15, 0.2) is 6.23 Å². The van der Waals surface area contributed by atoms with Crippen LogP contribution in [0.15, 0.2) is 11.0 Å². The number of ether oxygens (including phenoxy) is 2. The largest absolute Gasteiger partial charge is 0.383 e. The molecule has 11 heteroatoms. The van der Waals surface area contributed by atoms with Gasteiger partial charge in [-0.3, -0.25) is 9.09 Å². The van der Waals surface area contributed by atoms with E-state index >= 15 is 0 Å². The molecule has 3 N–H and O–H groups in total. The van der Waals surface area contributed by atoms with Crippen LogP contribution < -0.4 is 11.4 Å². The van der Waals surface area contributed by atoms with Crippen molar-refractivity contribution in [3.05, 3.63) is 22.2 Å². The van der Waals surface area contributed by atoms with E-state index in [0.717, 1.165) is 0 Å². The van der Waals surface area contributed by atoms with E-state index in [1.807, 2.05) is 6.92 Å². The average Bonchev–Trinajstić information content (AvgIpc) is 3.03. The zero-order valence-electron chi connectivity index (χ0n) is 13.5. The summed E-state index contributed by atoms with van der Waals surface area (Å²) in [6.07, 6.45) is 0.130. The molecule has 0 amide bonds. The van der Waals surface area contributed by atoms with Crippen molar-refractivity contribution < 1.29 is 23.4 Å². The summed E-state index contributed by atoms with van der Waals surface area (Å²) in [5.74, 6) is 0.170. The van der Waals surface area contributed by atoms with E-state index in [4.69, 9.17) is 36.1 Å². The van der Waals surface area contributed by atoms with Gasteiger partial charge in [0.25, 0.3) is 0 Å². The monoisotopic (exact) mass is 377 g/mol. The predicted octanol–water partition coefficient (Wildman–Crippen LogP) is 0.459. The van der Waals surface area contributed by atoms with Gasteiger partial charge in [-0.1, -0.05) is 6.92 Å². The molecule has 2 aliphatic rings. The molecule has 3 rings (SSSR count). The molecule has 24 heavy (non-hydrogen) atoms. The molecular formula is C13H20N3O6PS. The first kappa shape index (κ1) is 17.9. The van der Waals surface area contributed by atoms with Crippen molar-refractivity contribution in [2.75, 3.05) is 19.5 Å². The molecule has 0 radical (unpaired) electrons. The number of hydrogen-bond donors (Lipinski definition) is 2. The third-order valence-electron chi connectivity index (χ3n) is 4.50. The first-order valence-electron chi connectivity index (χ1n) is 7.44. The number of hydrogen-bond acceptors (Lipinski definition) is 8. The Hall–Kier alpha value is -0.870. The lowest BCUT2D eigenvalue weighted by Crippen LogP contribution is -2.41. The number of aryl methyl sites for hydroxylation is 1. The summed E-state index contributed by atoms with van der Waals surface area (Å²) in [4.78, 5) is 26.0. The summed E-state index contributed by atoms with van der Waals surface area (Å²) in [6.45, 7) is 0.527. The van der Waals surface area contributed by atoms with E-state index in [-0.39, 0.29) is 12.4 Å². The Morgan fingerprint density at radius 3 is 3.00 bits per heavy atom. The molecule has 134 valence electrons. The summed E-state index contributed by atoms with van der Waals surface area (Å²) in [5, 5.41) is 0. The minimum atomic E-state index is -3.41. The van der Waals surface area contributed by atoms with E-state index in [1.165, 1.54) is 11.7 Å². The number of nitrogen functional groups attached to an aromatic ring is 1. The average molecular weight is 377 g/mol. The maximum atomic E-state index is 12.2. The third kappa shape index (κ3) is 2.82. The summed E-state index contributed by atoms with van der Waals surface area (Å²) in [5.41, 5.74) is 4.96. The lowest BCUT2D eigenvalue weighted by atomic mass is 9.96. The van der Waals surface area contributed by atoms with E-state index in [2.05, 4.69) is 4.98 Å². The fourth-order valence-electron chi connectivity index (χ4n) is 3.05. The lowest BCUT2D eigenvalue weighted by Gasteiger charge is -2.31. The highest BCUT2D eigenvalue weighted by Gasteiger charge is 2.63. The van der Waals surface area contributed by atoms with Crippen LogP contribution in [0.4, 0.5) is 5.82 Å². The Labute approximate surface area is 143 Å². The second-order valence-electron chi connectivity index (χ2n) is 5.88. The number of aromatic nitrogens is 2. The minimum absolute atomic E-state index is 0.170. The Bertz CT molecular complexity index is 758. The van der Waals surface area contributed by atoms with Gasteiger partial charge in [-0.05, 0) is 25.2 Å². The summed E-state index contributed by atoms with van der Waals surface area (Å²) in [7, 11) is 1.28. The molecule has 2 saturated heterocycles. The molecule has 0 aliphatic carbocycles. The first-order chi connectivity index (χ1) is 11.2. The summed E-state index contributed by atoms with van der Waals surface area (Å²) < 4.78 is 23.7. The van der Waals surface area contributed by atoms with Crippen LogP contribution in [-0.2, 0) is 30.3 Å². The third-order valence-corrected chi connectivity index (χ3v) is 6.16.